The smallest absolute Gasteiger partial charge is 0.320 e. The molecular formula is C20H23ClFNO4S. The largest absolute Gasteiger partial charge is 0.493 e. The molecule has 0 radical (unpaired) electrons. The number of hydrogen-bond acceptors (Lipinski definition) is 5. The van der Waals surface area contributed by atoms with Gasteiger partial charge in [0, 0.05) is 17.7 Å². The third kappa shape index (κ3) is 6.02. The number of rotatable bonds is 11. The van der Waals surface area contributed by atoms with Crippen molar-refractivity contribution in [3.05, 3.63) is 58.4 Å². The maximum Gasteiger partial charge on any atom is 0.320 e. The molecular weight excluding hydrogens is 405 g/mol. The Bertz CT molecular complexity index is 786. The van der Waals surface area contributed by atoms with Crippen LogP contribution >= 0.6 is 23.4 Å². The number of methoxy groups -OCH3 is 1. The minimum Gasteiger partial charge on any atom is -0.493 e. The van der Waals surface area contributed by atoms with Gasteiger partial charge in [0.15, 0.2) is 11.5 Å². The van der Waals surface area contributed by atoms with E-state index in [1.54, 1.807) is 36.0 Å². The van der Waals surface area contributed by atoms with E-state index in [4.69, 9.17) is 21.1 Å². The number of halogens is 2. The van der Waals surface area contributed by atoms with Crippen molar-refractivity contribution in [1.82, 2.24) is 5.32 Å². The zero-order chi connectivity index (χ0) is 20.5. The lowest BCUT2D eigenvalue weighted by molar-refractivity contribution is -0.139. The average Bonchev–Trinajstić information content (AvgIpc) is 2.67. The molecule has 2 aromatic rings. The molecule has 0 aliphatic heterocycles. The predicted octanol–water partition coefficient (Wildman–Crippen LogP) is 4.36. The first-order valence-electron chi connectivity index (χ1n) is 8.64. The zero-order valence-electron chi connectivity index (χ0n) is 15.7. The summed E-state index contributed by atoms with van der Waals surface area (Å²) in [5.74, 6) is 0.272. The molecule has 0 spiro atoms. The molecule has 2 aromatic carbocycles. The van der Waals surface area contributed by atoms with Crippen molar-refractivity contribution in [2.45, 2.75) is 25.6 Å². The van der Waals surface area contributed by atoms with Gasteiger partial charge in [-0.2, -0.15) is 11.8 Å². The standard InChI is InChI=1S/C20H23ClFNO4S/c1-26-18-8-3-5-13(11-23-17(20(24)25)9-10-28-2)19(18)27-12-14-15(21)6-4-7-16(14)22/h3-8,17,23H,9-12H2,1-2H3,(H,24,25). The maximum absolute atomic E-state index is 14.0. The molecule has 8 heteroatoms. The lowest BCUT2D eigenvalue weighted by Crippen LogP contribution is -2.36. The molecule has 2 rings (SSSR count). The van der Waals surface area contributed by atoms with Crippen molar-refractivity contribution >= 4 is 29.3 Å². The first-order valence-corrected chi connectivity index (χ1v) is 10.4. The summed E-state index contributed by atoms with van der Waals surface area (Å²) in [6.45, 7) is 0.191. The Hall–Kier alpha value is -1.96. The summed E-state index contributed by atoms with van der Waals surface area (Å²) in [6, 6.07) is 9.09. The number of hydrogen-bond donors (Lipinski definition) is 2. The highest BCUT2D eigenvalue weighted by Crippen LogP contribution is 2.33. The highest BCUT2D eigenvalue weighted by atomic mass is 35.5. The van der Waals surface area contributed by atoms with Crippen molar-refractivity contribution in [2.75, 3.05) is 19.1 Å². The van der Waals surface area contributed by atoms with Gasteiger partial charge in [0.05, 0.1) is 12.1 Å². The molecule has 5 nitrogen and oxygen atoms in total. The molecule has 0 bridgehead atoms. The van der Waals surface area contributed by atoms with E-state index in [0.717, 1.165) is 5.75 Å². The van der Waals surface area contributed by atoms with Gasteiger partial charge >= 0.3 is 5.97 Å². The van der Waals surface area contributed by atoms with Gasteiger partial charge in [0.2, 0.25) is 0 Å². The monoisotopic (exact) mass is 427 g/mol. The summed E-state index contributed by atoms with van der Waals surface area (Å²) < 4.78 is 25.2. The highest BCUT2D eigenvalue weighted by Gasteiger charge is 2.19. The number of benzene rings is 2. The van der Waals surface area contributed by atoms with Crippen LogP contribution < -0.4 is 14.8 Å². The minimum atomic E-state index is -0.905. The Labute approximate surface area is 173 Å². The second-order valence-electron chi connectivity index (χ2n) is 5.99. The van der Waals surface area contributed by atoms with Gasteiger partial charge in [-0.3, -0.25) is 4.79 Å². The fraction of sp³-hybridized carbons (Fsp3) is 0.350. The molecule has 0 aromatic heterocycles. The number of carboxylic acids is 1. The Morgan fingerprint density at radius 1 is 1.32 bits per heavy atom. The van der Waals surface area contributed by atoms with E-state index >= 15 is 0 Å². The fourth-order valence-electron chi connectivity index (χ4n) is 2.62. The van der Waals surface area contributed by atoms with E-state index in [1.165, 1.54) is 19.2 Å². The van der Waals surface area contributed by atoms with Crippen LogP contribution in [0, 0.1) is 5.82 Å². The molecule has 1 unspecified atom stereocenters. The van der Waals surface area contributed by atoms with Gasteiger partial charge in [-0.05, 0) is 36.6 Å². The molecule has 0 fully saturated rings. The molecule has 0 saturated heterocycles. The van der Waals surface area contributed by atoms with Crippen molar-refractivity contribution < 1.29 is 23.8 Å². The van der Waals surface area contributed by atoms with Crippen molar-refractivity contribution in [3.63, 3.8) is 0 Å². The SMILES string of the molecule is COc1cccc(CNC(CCSC)C(=O)O)c1OCc1c(F)cccc1Cl. The van der Waals surface area contributed by atoms with E-state index in [2.05, 4.69) is 5.32 Å². The average molecular weight is 428 g/mol. The van der Waals surface area contributed by atoms with Crippen LogP contribution in [-0.4, -0.2) is 36.2 Å². The highest BCUT2D eigenvalue weighted by molar-refractivity contribution is 7.98. The zero-order valence-corrected chi connectivity index (χ0v) is 17.3. The topological polar surface area (TPSA) is 67.8 Å². The van der Waals surface area contributed by atoms with E-state index in [9.17, 15) is 14.3 Å². The molecule has 0 saturated carbocycles. The van der Waals surface area contributed by atoms with E-state index in [0.29, 0.717) is 23.5 Å². The van der Waals surface area contributed by atoms with Crippen LogP contribution in [-0.2, 0) is 17.9 Å². The molecule has 0 heterocycles. The van der Waals surface area contributed by atoms with Crippen LogP contribution in [0.4, 0.5) is 4.39 Å². The van der Waals surface area contributed by atoms with Gasteiger partial charge < -0.3 is 19.9 Å². The van der Waals surface area contributed by atoms with Crippen LogP contribution in [0.1, 0.15) is 17.5 Å². The van der Waals surface area contributed by atoms with Crippen LogP contribution in [0.3, 0.4) is 0 Å². The maximum atomic E-state index is 14.0. The molecule has 0 aliphatic carbocycles. The van der Waals surface area contributed by atoms with E-state index < -0.39 is 17.8 Å². The number of nitrogens with one attached hydrogen (secondary N) is 1. The van der Waals surface area contributed by atoms with Gasteiger partial charge in [-0.15, -0.1) is 0 Å². The fourth-order valence-corrected chi connectivity index (χ4v) is 3.31. The quantitative estimate of drug-likeness (QED) is 0.555. The number of thioether (sulfide) groups is 1. The molecule has 0 amide bonds. The molecule has 2 N–H and O–H groups in total. The first kappa shape index (κ1) is 22.3. The third-order valence-corrected chi connectivity index (χ3v) is 5.15. The summed E-state index contributed by atoms with van der Waals surface area (Å²) in [6.07, 6.45) is 2.43. The van der Waals surface area contributed by atoms with Gasteiger partial charge in [-0.25, -0.2) is 4.39 Å². The van der Waals surface area contributed by atoms with E-state index in [1.807, 2.05) is 6.26 Å². The number of para-hydroxylation sites is 1. The second-order valence-corrected chi connectivity index (χ2v) is 7.38. The molecule has 152 valence electrons. The summed E-state index contributed by atoms with van der Waals surface area (Å²) >= 11 is 7.66. The summed E-state index contributed by atoms with van der Waals surface area (Å²) in [5.41, 5.74) is 0.958. The Kier molecular flexibility index (Phi) is 8.89. The molecule has 28 heavy (non-hydrogen) atoms. The van der Waals surface area contributed by atoms with Gasteiger partial charge in [0.25, 0.3) is 0 Å². The van der Waals surface area contributed by atoms with Gasteiger partial charge in [0.1, 0.15) is 18.5 Å². The summed E-state index contributed by atoms with van der Waals surface area (Å²) in [4.78, 5) is 11.4. The number of aliphatic carboxylic acids is 1. The Morgan fingerprint density at radius 3 is 2.71 bits per heavy atom. The Morgan fingerprint density at radius 2 is 2.07 bits per heavy atom. The normalized spacial score (nSPS) is 11.9. The van der Waals surface area contributed by atoms with Crippen LogP contribution in [0.5, 0.6) is 11.5 Å². The predicted molar refractivity (Wildman–Crippen MR) is 110 cm³/mol. The first-order chi connectivity index (χ1) is 13.5. The van der Waals surface area contributed by atoms with Crippen LogP contribution in [0.15, 0.2) is 36.4 Å². The van der Waals surface area contributed by atoms with Gasteiger partial charge in [-0.1, -0.05) is 29.8 Å². The lowest BCUT2D eigenvalue weighted by atomic mass is 10.1. The van der Waals surface area contributed by atoms with Crippen LogP contribution in [0.2, 0.25) is 5.02 Å². The molecule has 1 atom stereocenters. The molecule has 0 aliphatic rings. The summed E-state index contributed by atoms with van der Waals surface area (Å²) in [5, 5.41) is 12.7. The van der Waals surface area contributed by atoms with E-state index in [-0.39, 0.29) is 23.7 Å². The third-order valence-electron chi connectivity index (χ3n) is 4.15. The van der Waals surface area contributed by atoms with Crippen molar-refractivity contribution in [1.29, 1.82) is 0 Å². The minimum absolute atomic E-state index is 0.0757. The van der Waals surface area contributed by atoms with Crippen LogP contribution in [0.25, 0.3) is 0 Å². The summed E-state index contributed by atoms with van der Waals surface area (Å²) in [7, 11) is 1.51. The number of ether oxygens (including phenoxy) is 2. The number of carbonyl (C=O) groups is 1. The van der Waals surface area contributed by atoms with Crippen molar-refractivity contribution in [3.8, 4) is 11.5 Å². The van der Waals surface area contributed by atoms with Crippen molar-refractivity contribution in [2.24, 2.45) is 0 Å². The lowest BCUT2D eigenvalue weighted by Gasteiger charge is -2.18. The Balaban J connectivity index is 2.18. The number of carboxylic acid groups (broad SMARTS) is 1. The second kappa shape index (κ2) is 11.1.